The highest BCUT2D eigenvalue weighted by molar-refractivity contribution is 5.94. The van der Waals surface area contributed by atoms with Gasteiger partial charge >= 0.3 is 0 Å². The van der Waals surface area contributed by atoms with Gasteiger partial charge in [0.2, 0.25) is 0 Å². The Morgan fingerprint density at radius 1 is 1.18 bits per heavy atom. The van der Waals surface area contributed by atoms with Crippen molar-refractivity contribution in [3.05, 3.63) is 35.4 Å². The van der Waals surface area contributed by atoms with Gasteiger partial charge in [-0.1, -0.05) is 39.3 Å². The lowest BCUT2D eigenvalue weighted by Crippen LogP contribution is -2.23. The number of carbonyl (C=O) groups excluding carboxylic acids is 1. The van der Waals surface area contributed by atoms with Crippen LogP contribution in [0.15, 0.2) is 24.3 Å². The van der Waals surface area contributed by atoms with Gasteiger partial charge in [0, 0.05) is 12.1 Å². The number of amides is 1. The van der Waals surface area contributed by atoms with Crippen molar-refractivity contribution in [2.45, 2.75) is 46.0 Å². The summed E-state index contributed by atoms with van der Waals surface area (Å²) in [6, 6.07) is 7.99. The van der Waals surface area contributed by atoms with E-state index in [9.17, 15) is 4.79 Å². The quantitative estimate of drug-likeness (QED) is 0.797. The van der Waals surface area contributed by atoms with E-state index in [0.717, 1.165) is 18.5 Å². The van der Waals surface area contributed by atoms with E-state index in [-0.39, 0.29) is 5.91 Å². The smallest absolute Gasteiger partial charge is 0.251 e. The maximum absolute atomic E-state index is 11.7. The normalized spacial score (nSPS) is 12.2. The van der Waals surface area contributed by atoms with Gasteiger partial charge in [-0.2, -0.15) is 0 Å². The molecule has 2 nitrogen and oxygen atoms in total. The minimum absolute atomic E-state index is 0.0292. The Bertz CT molecular complexity index is 342. The highest BCUT2D eigenvalue weighted by atomic mass is 16.1. The Balaban J connectivity index is 2.64. The molecule has 1 aromatic carbocycles. The Labute approximate surface area is 104 Å². The van der Waals surface area contributed by atoms with Crippen LogP contribution in [0.2, 0.25) is 0 Å². The molecule has 1 atom stereocenters. The standard InChI is InChI=1S/C15H23NO/c1-4-6-12(3)13-7-9-14(10-8-13)15(17)16-11-5-2/h7-10,12H,4-6,11H2,1-3H3,(H,16,17)/t12-/m1/s1. The number of benzene rings is 1. The molecule has 0 saturated carbocycles. The summed E-state index contributed by atoms with van der Waals surface area (Å²) in [6.07, 6.45) is 3.36. The molecule has 1 rings (SSSR count). The van der Waals surface area contributed by atoms with Crippen LogP contribution in [-0.4, -0.2) is 12.5 Å². The van der Waals surface area contributed by atoms with Crippen molar-refractivity contribution < 1.29 is 4.79 Å². The van der Waals surface area contributed by atoms with Crippen molar-refractivity contribution in [2.24, 2.45) is 0 Å². The van der Waals surface area contributed by atoms with E-state index < -0.39 is 0 Å². The second kappa shape index (κ2) is 7.10. The van der Waals surface area contributed by atoms with Crippen molar-refractivity contribution >= 4 is 5.91 Å². The molecular formula is C15H23NO. The topological polar surface area (TPSA) is 29.1 Å². The molecule has 1 amide bonds. The Hall–Kier alpha value is -1.31. The minimum atomic E-state index is 0.0292. The van der Waals surface area contributed by atoms with Crippen molar-refractivity contribution in [3.63, 3.8) is 0 Å². The molecule has 0 fully saturated rings. The summed E-state index contributed by atoms with van der Waals surface area (Å²) in [7, 11) is 0. The fourth-order valence-electron chi connectivity index (χ4n) is 1.90. The maximum atomic E-state index is 11.7. The van der Waals surface area contributed by atoms with Crippen LogP contribution >= 0.6 is 0 Å². The molecule has 0 spiro atoms. The molecule has 0 aliphatic rings. The summed E-state index contributed by atoms with van der Waals surface area (Å²) in [5, 5.41) is 2.88. The number of nitrogens with one attached hydrogen (secondary N) is 1. The number of hydrogen-bond acceptors (Lipinski definition) is 1. The van der Waals surface area contributed by atoms with Gasteiger partial charge in [0.25, 0.3) is 5.91 Å². The molecule has 0 bridgehead atoms. The summed E-state index contributed by atoms with van der Waals surface area (Å²) in [4.78, 5) is 11.7. The van der Waals surface area contributed by atoms with Crippen molar-refractivity contribution in [2.75, 3.05) is 6.54 Å². The summed E-state index contributed by atoms with van der Waals surface area (Å²) < 4.78 is 0. The lowest BCUT2D eigenvalue weighted by atomic mass is 9.96. The van der Waals surface area contributed by atoms with Crippen LogP contribution in [-0.2, 0) is 0 Å². The van der Waals surface area contributed by atoms with Crippen LogP contribution in [0.4, 0.5) is 0 Å². The second-order valence-electron chi connectivity index (χ2n) is 4.57. The first-order chi connectivity index (χ1) is 8.19. The van der Waals surface area contributed by atoms with Crippen LogP contribution in [0.5, 0.6) is 0 Å². The predicted octanol–water partition coefficient (Wildman–Crippen LogP) is 3.73. The molecule has 1 aromatic rings. The first-order valence-electron chi connectivity index (χ1n) is 6.57. The molecule has 94 valence electrons. The van der Waals surface area contributed by atoms with E-state index in [1.54, 1.807) is 0 Å². The molecule has 0 unspecified atom stereocenters. The molecule has 0 aromatic heterocycles. The second-order valence-corrected chi connectivity index (χ2v) is 4.57. The van der Waals surface area contributed by atoms with Gasteiger partial charge in [-0.05, 0) is 36.5 Å². The third kappa shape index (κ3) is 4.22. The zero-order valence-electron chi connectivity index (χ0n) is 11.1. The zero-order valence-corrected chi connectivity index (χ0v) is 11.1. The molecular weight excluding hydrogens is 210 g/mol. The fraction of sp³-hybridized carbons (Fsp3) is 0.533. The van der Waals surface area contributed by atoms with E-state index in [1.165, 1.54) is 18.4 Å². The first kappa shape index (κ1) is 13.8. The van der Waals surface area contributed by atoms with Crippen LogP contribution in [0.3, 0.4) is 0 Å². The molecule has 0 saturated heterocycles. The number of carbonyl (C=O) groups is 1. The van der Waals surface area contributed by atoms with Gasteiger partial charge in [-0.3, -0.25) is 4.79 Å². The Morgan fingerprint density at radius 3 is 2.35 bits per heavy atom. The highest BCUT2D eigenvalue weighted by Crippen LogP contribution is 2.20. The van der Waals surface area contributed by atoms with Gasteiger partial charge in [-0.25, -0.2) is 0 Å². The monoisotopic (exact) mass is 233 g/mol. The van der Waals surface area contributed by atoms with Gasteiger partial charge in [-0.15, -0.1) is 0 Å². The van der Waals surface area contributed by atoms with Gasteiger partial charge in [0.1, 0.15) is 0 Å². The summed E-state index contributed by atoms with van der Waals surface area (Å²) in [5.74, 6) is 0.606. The fourth-order valence-corrected chi connectivity index (χ4v) is 1.90. The van der Waals surface area contributed by atoms with E-state index in [2.05, 4.69) is 38.2 Å². The Morgan fingerprint density at radius 2 is 1.82 bits per heavy atom. The van der Waals surface area contributed by atoms with Gasteiger partial charge in [0.05, 0.1) is 0 Å². The Kier molecular flexibility index (Phi) is 5.75. The third-order valence-electron chi connectivity index (χ3n) is 3.00. The van der Waals surface area contributed by atoms with Crippen molar-refractivity contribution in [3.8, 4) is 0 Å². The minimum Gasteiger partial charge on any atom is -0.352 e. The van der Waals surface area contributed by atoms with E-state index in [0.29, 0.717) is 5.92 Å². The van der Waals surface area contributed by atoms with Crippen LogP contribution < -0.4 is 5.32 Å². The van der Waals surface area contributed by atoms with E-state index in [1.807, 2.05) is 12.1 Å². The van der Waals surface area contributed by atoms with Crippen LogP contribution in [0, 0.1) is 0 Å². The first-order valence-corrected chi connectivity index (χ1v) is 6.57. The van der Waals surface area contributed by atoms with Gasteiger partial charge in [0.15, 0.2) is 0 Å². The lowest BCUT2D eigenvalue weighted by molar-refractivity contribution is 0.0953. The average molecular weight is 233 g/mol. The average Bonchev–Trinajstić information content (AvgIpc) is 2.36. The van der Waals surface area contributed by atoms with Crippen LogP contribution in [0.25, 0.3) is 0 Å². The summed E-state index contributed by atoms with van der Waals surface area (Å²) in [5.41, 5.74) is 2.07. The predicted molar refractivity (Wildman–Crippen MR) is 72.4 cm³/mol. The van der Waals surface area contributed by atoms with Crippen LogP contribution in [0.1, 0.15) is 61.9 Å². The number of hydrogen-bond donors (Lipinski definition) is 1. The van der Waals surface area contributed by atoms with E-state index in [4.69, 9.17) is 0 Å². The lowest BCUT2D eigenvalue weighted by Gasteiger charge is -2.11. The third-order valence-corrected chi connectivity index (χ3v) is 3.00. The van der Waals surface area contributed by atoms with Gasteiger partial charge < -0.3 is 5.32 Å². The molecule has 2 heteroatoms. The summed E-state index contributed by atoms with van der Waals surface area (Å²) in [6.45, 7) is 7.22. The molecule has 0 aliphatic heterocycles. The highest BCUT2D eigenvalue weighted by Gasteiger charge is 2.07. The van der Waals surface area contributed by atoms with Crippen molar-refractivity contribution in [1.82, 2.24) is 5.32 Å². The van der Waals surface area contributed by atoms with Crippen molar-refractivity contribution in [1.29, 1.82) is 0 Å². The zero-order chi connectivity index (χ0) is 12.7. The largest absolute Gasteiger partial charge is 0.352 e. The molecule has 0 radical (unpaired) electrons. The molecule has 0 heterocycles. The maximum Gasteiger partial charge on any atom is 0.251 e. The SMILES string of the molecule is CCCNC(=O)c1ccc([C@H](C)CCC)cc1. The molecule has 17 heavy (non-hydrogen) atoms. The van der Waals surface area contributed by atoms with E-state index >= 15 is 0 Å². The summed E-state index contributed by atoms with van der Waals surface area (Å²) >= 11 is 0. The number of rotatable bonds is 6. The molecule has 0 aliphatic carbocycles. The molecule has 1 N–H and O–H groups in total.